The normalized spacial score (nSPS) is 19.3. The highest BCUT2D eigenvalue weighted by Crippen LogP contribution is 2.31. The lowest BCUT2D eigenvalue weighted by Gasteiger charge is -2.42. The molecule has 1 aliphatic rings. The average molecular weight is 398 g/mol. The van der Waals surface area contributed by atoms with Crippen LogP contribution in [-0.2, 0) is 9.53 Å². The van der Waals surface area contributed by atoms with Crippen LogP contribution in [0.15, 0.2) is 48.5 Å². The second-order valence-corrected chi connectivity index (χ2v) is 7.18. The molecule has 2 atom stereocenters. The Morgan fingerprint density at radius 1 is 1.21 bits per heavy atom. The third-order valence-electron chi connectivity index (χ3n) is 4.97. The average Bonchev–Trinajstić information content (AvgIpc) is 2.73. The molecule has 1 heterocycles. The number of methoxy groups -OCH3 is 1. The van der Waals surface area contributed by atoms with Gasteiger partial charge < -0.3 is 24.8 Å². The Labute approximate surface area is 170 Å². The summed E-state index contributed by atoms with van der Waals surface area (Å²) in [5.74, 6) is 0.337. The molecule has 2 aromatic rings. The molecule has 1 fully saturated rings. The number of amides is 2. The summed E-state index contributed by atoms with van der Waals surface area (Å²) in [6, 6.07) is 13.6. The largest absolute Gasteiger partial charge is 0.497 e. The molecule has 2 aromatic carbocycles. The Morgan fingerprint density at radius 3 is 2.41 bits per heavy atom. The van der Waals surface area contributed by atoms with E-state index in [0.29, 0.717) is 17.0 Å². The smallest absolute Gasteiger partial charge is 0.255 e. The van der Waals surface area contributed by atoms with Crippen LogP contribution in [-0.4, -0.2) is 54.2 Å². The molecule has 0 unspecified atom stereocenters. The third kappa shape index (κ3) is 4.58. The van der Waals surface area contributed by atoms with Crippen molar-refractivity contribution in [2.75, 3.05) is 25.6 Å². The second-order valence-electron chi connectivity index (χ2n) is 7.18. The Bertz CT molecular complexity index is 849. The van der Waals surface area contributed by atoms with Crippen molar-refractivity contribution in [1.82, 2.24) is 4.90 Å². The van der Waals surface area contributed by atoms with Crippen LogP contribution in [0, 0.1) is 0 Å². The van der Waals surface area contributed by atoms with Gasteiger partial charge in [-0.05, 0) is 55.8 Å². The molecule has 0 aromatic heterocycles. The zero-order valence-electron chi connectivity index (χ0n) is 16.8. The fourth-order valence-electron chi connectivity index (χ4n) is 3.55. The molecule has 29 heavy (non-hydrogen) atoms. The maximum Gasteiger partial charge on any atom is 0.255 e. The summed E-state index contributed by atoms with van der Waals surface area (Å²) < 4.78 is 10.8. The van der Waals surface area contributed by atoms with Crippen LogP contribution in [0.4, 0.5) is 5.69 Å². The number of morpholine rings is 1. The molecular formula is C22H26N2O5. The monoisotopic (exact) mass is 398 g/mol. The van der Waals surface area contributed by atoms with Crippen LogP contribution in [0.1, 0.15) is 35.9 Å². The molecule has 2 amide bonds. The minimum atomic E-state index is -0.448. The number of nitrogens with zero attached hydrogens (tertiary/aromatic N) is 1. The predicted octanol–water partition coefficient (Wildman–Crippen LogP) is 2.62. The molecule has 154 valence electrons. The number of anilines is 1. The van der Waals surface area contributed by atoms with Gasteiger partial charge in [-0.1, -0.05) is 12.1 Å². The van der Waals surface area contributed by atoms with Gasteiger partial charge in [0.1, 0.15) is 18.5 Å². The van der Waals surface area contributed by atoms with Crippen LogP contribution >= 0.6 is 0 Å². The van der Waals surface area contributed by atoms with Crippen molar-refractivity contribution in [3.05, 3.63) is 59.7 Å². The standard InChI is InChI=1S/C22H26N2O5/c1-14(2)24-19(12-25)21(29-13-20(24)26)15-4-8-17(9-5-15)23-22(27)16-6-10-18(28-3)11-7-16/h4-11,14,19,21,25H,12-13H2,1-3H3,(H,23,27)/t19-,21-/m1/s1. The highest BCUT2D eigenvalue weighted by molar-refractivity contribution is 6.04. The molecule has 1 aliphatic heterocycles. The van der Waals surface area contributed by atoms with Crippen molar-refractivity contribution in [1.29, 1.82) is 0 Å². The molecule has 7 nitrogen and oxygen atoms in total. The second kappa shape index (κ2) is 9.07. The number of hydrogen-bond acceptors (Lipinski definition) is 5. The number of aliphatic hydroxyl groups excluding tert-OH is 1. The summed E-state index contributed by atoms with van der Waals surface area (Å²) in [4.78, 5) is 26.2. The van der Waals surface area contributed by atoms with Gasteiger partial charge in [0.05, 0.1) is 19.8 Å². The minimum absolute atomic E-state index is 0.0185. The Hall–Kier alpha value is -2.90. The van der Waals surface area contributed by atoms with Crippen LogP contribution in [0.25, 0.3) is 0 Å². The van der Waals surface area contributed by atoms with Gasteiger partial charge >= 0.3 is 0 Å². The SMILES string of the molecule is COc1ccc(C(=O)Nc2ccc([C@H]3OCC(=O)N(C(C)C)[C@@H]3CO)cc2)cc1. The molecule has 0 aliphatic carbocycles. The van der Waals surface area contributed by atoms with E-state index >= 15 is 0 Å². The Kier molecular flexibility index (Phi) is 6.51. The summed E-state index contributed by atoms with van der Waals surface area (Å²) in [6.45, 7) is 3.63. The molecular weight excluding hydrogens is 372 g/mol. The van der Waals surface area contributed by atoms with Crippen LogP contribution < -0.4 is 10.1 Å². The lowest BCUT2D eigenvalue weighted by Crippen LogP contribution is -2.55. The van der Waals surface area contributed by atoms with Gasteiger partial charge in [-0.15, -0.1) is 0 Å². The van der Waals surface area contributed by atoms with Gasteiger partial charge in [-0.25, -0.2) is 0 Å². The zero-order chi connectivity index (χ0) is 21.0. The molecule has 0 bridgehead atoms. The van der Waals surface area contributed by atoms with E-state index in [1.807, 2.05) is 26.0 Å². The first-order valence-corrected chi connectivity index (χ1v) is 9.53. The molecule has 3 rings (SSSR count). The molecule has 2 N–H and O–H groups in total. The highest BCUT2D eigenvalue weighted by atomic mass is 16.5. The fourth-order valence-corrected chi connectivity index (χ4v) is 3.55. The van der Waals surface area contributed by atoms with Crippen molar-refractivity contribution in [3.8, 4) is 5.75 Å². The minimum Gasteiger partial charge on any atom is -0.497 e. The first-order valence-electron chi connectivity index (χ1n) is 9.53. The zero-order valence-corrected chi connectivity index (χ0v) is 16.8. The van der Waals surface area contributed by atoms with Gasteiger partial charge in [0, 0.05) is 17.3 Å². The topological polar surface area (TPSA) is 88.1 Å². The van der Waals surface area contributed by atoms with E-state index in [4.69, 9.17) is 9.47 Å². The first kappa shape index (κ1) is 20.8. The van der Waals surface area contributed by atoms with Crippen molar-refractivity contribution in [2.24, 2.45) is 0 Å². The van der Waals surface area contributed by atoms with E-state index in [9.17, 15) is 14.7 Å². The molecule has 0 radical (unpaired) electrons. The van der Waals surface area contributed by atoms with E-state index < -0.39 is 12.1 Å². The Morgan fingerprint density at radius 2 is 1.86 bits per heavy atom. The maximum absolute atomic E-state index is 12.4. The van der Waals surface area contributed by atoms with Gasteiger partial charge in [0.2, 0.25) is 5.91 Å². The summed E-state index contributed by atoms with van der Waals surface area (Å²) in [5, 5.41) is 12.7. The van der Waals surface area contributed by atoms with Gasteiger partial charge in [0.15, 0.2) is 0 Å². The van der Waals surface area contributed by atoms with E-state index in [2.05, 4.69) is 5.32 Å². The van der Waals surface area contributed by atoms with Crippen LogP contribution in [0.3, 0.4) is 0 Å². The van der Waals surface area contributed by atoms with E-state index in [0.717, 1.165) is 5.56 Å². The fraction of sp³-hybridized carbons (Fsp3) is 0.364. The summed E-state index contributed by atoms with van der Waals surface area (Å²) in [5.41, 5.74) is 2.00. The van der Waals surface area contributed by atoms with Gasteiger partial charge in [0.25, 0.3) is 5.91 Å². The summed E-state index contributed by atoms with van der Waals surface area (Å²) in [7, 11) is 1.57. The van der Waals surface area contributed by atoms with E-state index in [1.165, 1.54) is 0 Å². The van der Waals surface area contributed by atoms with Crippen molar-refractivity contribution < 1.29 is 24.2 Å². The number of ether oxygens (including phenoxy) is 2. The number of nitrogens with one attached hydrogen (secondary N) is 1. The third-order valence-corrected chi connectivity index (χ3v) is 4.97. The molecule has 0 spiro atoms. The Balaban J connectivity index is 1.72. The summed E-state index contributed by atoms with van der Waals surface area (Å²) >= 11 is 0. The molecule has 7 heteroatoms. The van der Waals surface area contributed by atoms with E-state index in [1.54, 1.807) is 48.4 Å². The number of aliphatic hydroxyl groups is 1. The number of hydrogen-bond donors (Lipinski definition) is 2. The number of carbonyl (C=O) groups excluding carboxylic acids is 2. The predicted molar refractivity (Wildman–Crippen MR) is 109 cm³/mol. The lowest BCUT2D eigenvalue weighted by molar-refractivity contribution is -0.164. The van der Waals surface area contributed by atoms with Crippen molar-refractivity contribution in [2.45, 2.75) is 32.0 Å². The van der Waals surface area contributed by atoms with E-state index in [-0.39, 0.29) is 31.1 Å². The van der Waals surface area contributed by atoms with Gasteiger partial charge in [-0.3, -0.25) is 9.59 Å². The number of carbonyl (C=O) groups is 2. The highest BCUT2D eigenvalue weighted by Gasteiger charge is 2.38. The van der Waals surface area contributed by atoms with Crippen molar-refractivity contribution >= 4 is 17.5 Å². The molecule has 1 saturated heterocycles. The van der Waals surface area contributed by atoms with Crippen LogP contribution in [0.2, 0.25) is 0 Å². The number of benzene rings is 2. The quantitative estimate of drug-likeness (QED) is 0.781. The molecule has 0 saturated carbocycles. The van der Waals surface area contributed by atoms with Crippen LogP contribution in [0.5, 0.6) is 5.75 Å². The van der Waals surface area contributed by atoms with Crippen molar-refractivity contribution in [3.63, 3.8) is 0 Å². The first-order chi connectivity index (χ1) is 13.9. The maximum atomic E-state index is 12.4. The van der Waals surface area contributed by atoms with Gasteiger partial charge in [-0.2, -0.15) is 0 Å². The lowest BCUT2D eigenvalue weighted by atomic mass is 9.98. The number of rotatable bonds is 6. The summed E-state index contributed by atoms with van der Waals surface area (Å²) in [6.07, 6.45) is -0.425.